The van der Waals surface area contributed by atoms with Gasteiger partial charge in [0.1, 0.15) is 5.82 Å². The van der Waals surface area contributed by atoms with Crippen molar-refractivity contribution in [2.75, 3.05) is 18.8 Å². The highest BCUT2D eigenvalue weighted by Crippen LogP contribution is 2.20. The van der Waals surface area contributed by atoms with Gasteiger partial charge in [-0.2, -0.15) is 0 Å². The van der Waals surface area contributed by atoms with Gasteiger partial charge in [-0.1, -0.05) is 54.9 Å². The first-order valence-corrected chi connectivity index (χ1v) is 9.57. The van der Waals surface area contributed by atoms with Crippen LogP contribution >= 0.6 is 11.8 Å². The van der Waals surface area contributed by atoms with E-state index in [2.05, 4.69) is 26.9 Å². The number of thioether (sulfide) groups is 1. The third kappa shape index (κ3) is 4.38. The molecule has 0 aliphatic carbocycles. The van der Waals surface area contributed by atoms with E-state index in [0.717, 1.165) is 43.5 Å². The second-order valence-electron chi connectivity index (χ2n) is 6.19. The van der Waals surface area contributed by atoms with Crippen LogP contribution in [0.25, 0.3) is 0 Å². The molecule has 0 bridgehead atoms. The van der Waals surface area contributed by atoms with Gasteiger partial charge in [0.15, 0.2) is 5.16 Å². The molecular weight excluding hydrogens is 320 g/mol. The van der Waals surface area contributed by atoms with Crippen LogP contribution in [0.2, 0.25) is 0 Å². The van der Waals surface area contributed by atoms with Crippen molar-refractivity contribution in [1.29, 1.82) is 0 Å². The van der Waals surface area contributed by atoms with E-state index in [4.69, 9.17) is 0 Å². The number of aromatic nitrogens is 3. The molecule has 1 fully saturated rings. The predicted octanol–water partition coefficient (Wildman–Crippen LogP) is 3.13. The van der Waals surface area contributed by atoms with E-state index in [1.165, 1.54) is 30.2 Å². The number of rotatable bonds is 5. The van der Waals surface area contributed by atoms with Crippen LogP contribution < -0.4 is 0 Å². The highest BCUT2D eigenvalue weighted by atomic mass is 32.2. The molecule has 3 rings (SSSR count). The van der Waals surface area contributed by atoms with Gasteiger partial charge in [0, 0.05) is 13.1 Å². The van der Waals surface area contributed by atoms with Gasteiger partial charge in [0.25, 0.3) is 0 Å². The standard InChI is InChI=1S/C18H24N4OS/c1-15-19-20-18(22(15)13-16-9-5-4-6-10-16)24-14-17(23)21-11-7-2-3-8-12-21/h4-6,9-10H,2-3,7-8,11-14H2,1H3. The number of carbonyl (C=O) groups excluding carboxylic acids is 1. The van der Waals surface area contributed by atoms with Gasteiger partial charge >= 0.3 is 0 Å². The Morgan fingerprint density at radius 1 is 1.08 bits per heavy atom. The third-order valence-corrected chi connectivity index (χ3v) is 5.32. The zero-order valence-corrected chi connectivity index (χ0v) is 15.0. The lowest BCUT2D eigenvalue weighted by atomic mass is 10.2. The van der Waals surface area contributed by atoms with E-state index in [9.17, 15) is 4.79 Å². The molecule has 6 heteroatoms. The number of hydrogen-bond acceptors (Lipinski definition) is 4. The van der Waals surface area contributed by atoms with E-state index in [1.807, 2.05) is 30.0 Å². The minimum atomic E-state index is 0.216. The van der Waals surface area contributed by atoms with Gasteiger partial charge in [-0.05, 0) is 25.3 Å². The van der Waals surface area contributed by atoms with Gasteiger partial charge in [0.05, 0.1) is 12.3 Å². The monoisotopic (exact) mass is 344 g/mol. The molecule has 0 saturated carbocycles. The molecule has 1 aromatic carbocycles. The summed E-state index contributed by atoms with van der Waals surface area (Å²) in [6.07, 6.45) is 4.72. The summed E-state index contributed by atoms with van der Waals surface area (Å²) in [4.78, 5) is 14.5. The summed E-state index contributed by atoms with van der Waals surface area (Å²) < 4.78 is 2.08. The highest BCUT2D eigenvalue weighted by molar-refractivity contribution is 7.99. The first-order valence-electron chi connectivity index (χ1n) is 8.58. The highest BCUT2D eigenvalue weighted by Gasteiger charge is 2.17. The fourth-order valence-corrected chi connectivity index (χ4v) is 3.84. The van der Waals surface area contributed by atoms with E-state index in [-0.39, 0.29) is 5.91 Å². The predicted molar refractivity (Wildman–Crippen MR) is 96.1 cm³/mol. The van der Waals surface area contributed by atoms with Crippen LogP contribution in [0.15, 0.2) is 35.5 Å². The SMILES string of the molecule is Cc1nnc(SCC(=O)N2CCCCCC2)n1Cc1ccccc1. The lowest BCUT2D eigenvalue weighted by Crippen LogP contribution is -2.33. The number of hydrogen-bond donors (Lipinski definition) is 0. The normalized spacial score (nSPS) is 15.3. The zero-order chi connectivity index (χ0) is 16.8. The molecule has 128 valence electrons. The first kappa shape index (κ1) is 17.0. The molecular formula is C18H24N4OS. The maximum absolute atomic E-state index is 12.4. The van der Waals surface area contributed by atoms with Crippen molar-refractivity contribution in [3.05, 3.63) is 41.7 Å². The van der Waals surface area contributed by atoms with Crippen LogP contribution in [0, 0.1) is 6.92 Å². The average Bonchev–Trinajstić information content (AvgIpc) is 2.82. The smallest absolute Gasteiger partial charge is 0.233 e. The Kier molecular flexibility index (Phi) is 5.91. The summed E-state index contributed by atoms with van der Waals surface area (Å²) in [5.41, 5.74) is 1.21. The lowest BCUT2D eigenvalue weighted by molar-refractivity contribution is -0.128. The van der Waals surface area contributed by atoms with E-state index in [0.29, 0.717) is 5.75 Å². The first-order chi connectivity index (χ1) is 11.7. The minimum Gasteiger partial charge on any atom is -0.342 e. The third-order valence-electron chi connectivity index (χ3n) is 4.37. The van der Waals surface area contributed by atoms with Crippen LogP contribution in [0.1, 0.15) is 37.1 Å². The van der Waals surface area contributed by atoms with E-state index < -0.39 is 0 Å². The summed E-state index contributed by atoms with van der Waals surface area (Å²) in [6.45, 7) is 4.49. The average molecular weight is 344 g/mol. The molecule has 5 nitrogen and oxygen atoms in total. The molecule has 2 aromatic rings. The summed E-state index contributed by atoms with van der Waals surface area (Å²) in [5, 5.41) is 9.26. The Labute approximate surface area is 147 Å². The maximum Gasteiger partial charge on any atom is 0.233 e. The fourth-order valence-electron chi connectivity index (χ4n) is 2.95. The Balaban J connectivity index is 1.62. The summed E-state index contributed by atoms with van der Waals surface area (Å²) in [6, 6.07) is 10.3. The molecule has 1 amide bonds. The largest absolute Gasteiger partial charge is 0.342 e. The maximum atomic E-state index is 12.4. The summed E-state index contributed by atoms with van der Waals surface area (Å²) in [7, 11) is 0. The Bertz CT molecular complexity index is 663. The summed E-state index contributed by atoms with van der Waals surface area (Å²) >= 11 is 1.49. The second kappa shape index (κ2) is 8.33. The molecule has 0 spiro atoms. The Hall–Kier alpha value is -1.82. The van der Waals surface area contributed by atoms with Crippen molar-refractivity contribution in [2.24, 2.45) is 0 Å². The van der Waals surface area contributed by atoms with Gasteiger partial charge < -0.3 is 9.47 Å². The van der Waals surface area contributed by atoms with Crippen LogP contribution in [0.5, 0.6) is 0 Å². The Morgan fingerprint density at radius 3 is 2.50 bits per heavy atom. The molecule has 1 aromatic heterocycles. The fraction of sp³-hybridized carbons (Fsp3) is 0.500. The number of benzene rings is 1. The van der Waals surface area contributed by atoms with E-state index >= 15 is 0 Å². The van der Waals surface area contributed by atoms with Crippen LogP contribution in [-0.2, 0) is 11.3 Å². The van der Waals surface area contributed by atoms with Crippen molar-refractivity contribution in [3.8, 4) is 0 Å². The van der Waals surface area contributed by atoms with Gasteiger partial charge in [-0.25, -0.2) is 0 Å². The topological polar surface area (TPSA) is 51.0 Å². The minimum absolute atomic E-state index is 0.216. The van der Waals surface area contributed by atoms with Crippen LogP contribution in [0.4, 0.5) is 0 Å². The van der Waals surface area contributed by atoms with Crippen molar-refractivity contribution in [3.63, 3.8) is 0 Å². The number of likely N-dealkylation sites (tertiary alicyclic amines) is 1. The van der Waals surface area contributed by atoms with Gasteiger partial charge in [0.2, 0.25) is 5.91 Å². The number of carbonyl (C=O) groups is 1. The van der Waals surface area contributed by atoms with Crippen molar-refractivity contribution < 1.29 is 4.79 Å². The van der Waals surface area contributed by atoms with Crippen molar-refractivity contribution >= 4 is 17.7 Å². The lowest BCUT2D eigenvalue weighted by Gasteiger charge is -2.19. The molecule has 24 heavy (non-hydrogen) atoms. The molecule has 0 unspecified atom stereocenters. The van der Waals surface area contributed by atoms with Crippen molar-refractivity contribution in [1.82, 2.24) is 19.7 Å². The molecule has 0 N–H and O–H groups in total. The molecule has 1 aliphatic heterocycles. The second-order valence-corrected chi connectivity index (χ2v) is 7.13. The van der Waals surface area contributed by atoms with E-state index in [1.54, 1.807) is 0 Å². The van der Waals surface area contributed by atoms with Crippen LogP contribution in [0.3, 0.4) is 0 Å². The molecule has 1 aliphatic rings. The molecule has 0 atom stereocenters. The summed E-state index contributed by atoms with van der Waals surface area (Å²) in [5.74, 6) is 1.53. The molecule has 1 saturated heterocycles. The molecule has 0 radical (unpaired) electrons. The van der Waals surface area contributed by atoms with Gasteiger partial charge in [-0.15, -0.1) is 10.2 Å². The zero-order valence-electron chi connectivity index (χ0n) is 14.1. The molecule has 2 heterocycles. The quantitative estimate of drug-likeness (QED) is 0.782. The van der Waals surface area contributed by atoms with Crippen molar-refractivity contribution in [2.45, 2.75) is 44.3 Å². The van der Waals surface area contributed by atoms with Gasteiger partial charge in [-0.3, -0.25) is 4.79 Å². The Morgan fingerprint density at radius 2 is 1.79 bits per heavy atom. The van der Waals surface area contributed by atoms with Crippen LogP contribution in [-0.4, -0.2) is 44.4 Å². The number of aryl methyl sites for hydroxylation is 1. The number of amides is 1. The number of nitrogens with zero attached hydrogens (tertiary/aromatic N) is 4.